The SMILES string of the molecule is Cc1cc(F)cc(C)c1S(=O)(=O)N1CCCCO1. The summed E-state index contributed by atoms with van der Waals surface area (Å²) in [5.74, 6) is -0.427. The van der Waals surface area contributed by atoms with Crippen molar-refractivity contribution in [3.8, 4) is 0 Å². The van der Waals surface area contributed by atoms with Crippen LogP contribution in [-0.4, -0.2) is 26.0 Å². The predicted octanol–water partition coefficient (Wildman–Crippen LogP) is 2.16. The zero-order chi connectivity index (χ0) is 13.3. The highest BCUT2D eigenvalue weighted by Crippen LogP contribution is 2.26. The molecule has 0 saturated carbocycles. The van der Waals surface area contributed by atoms with E-state index in [2.05, 4.69) is 0 Å². The first-order chi connectivity index (χ1) is 8.43. The smallest absolute Gasteiger partial charge is 0.265 e. The third-order valence-electron chi connectivity index (χ3n) is 2.92. The van der Waals surface area contributed by atoms with Crippen molar-refractivity contribution in [1.29, 1.82) is 0 Å². The molecule has 0 radical (unpaired) electrons. The Balaban J connectivity index is 2.47. The molecule has 0 aromatic heterocycles. The quantitative estimate of drug-likeness (QED) is 0.829. The number of rotatable bonds is 2. The van der Waals surface area contributed by atoms with E-state index in [1.807, 2.05) is 0 Å². The van der Waals surface area contributed by atoms with Crippen LogP contribution >= 0.6 is 0 Å². The van der Waals surface area contributed by atoms with E-state index in [4.69, 9.17) is 4.84 Å². The van der Waals surface area contributed by atoms with E-state index in [0.29, 0.717) is 24.3 Å². The Hall–Kier alpha value is -0.980. The molecule has 0 bridgehead atoms. The number of halogens is 1. The molecule has 1 aliphatic rings. The molecule has 100 valence electrons. The van der Waals surface area contributed by atoms with Crippen LogP contribution < -0.4 is 0 Å². The summed E-state index contributed by atoms with van der Waals surface area (Å²) in [7, 11) is -3.70. The number of benzene rings is 1. The lowest BCUT2D eigenvalue weighted by molar-refractivity contribution is -0.108. The Bertz CT molecular complexity index is 527. The summed E-state index contributed by atoms with van der Waals surface area (Å²) in [4.78, 5) is 5.33. The Kier molecular flexibility index (Phi) is 3.70. The summed E-state index contributed by atoms with van der Waals surface area (Å²) in [5, 5.41) is 0. The van der Waals surface area contributed by atoms with E-state index in [1.54, 1.807) is 13.8 Å². The molecule has 0 N–H and O–H groups in total. The van der Waals surface area contributed by atoms with Crippen molar-refractivity contribution < 1.29 is 17.6 Å². The number of hydrogen-bond donors (Lipinski definition) is 0. The van der Waals surface area contributed by atoms with Crippen LogP contribution in [0.2, 0.25) is 0 Å². The number of nitrogens with zero attached hydrogens (tertiary/aromatic N) is 1. The monoisotopic (exact) mass is 273 g/mol. The molecular formula is C12H16FNO3S. The topological polar surface area (TPSA) is 46.6 Å². The fourth-order valence-corrected chi connectivity index (χ4v) is 3.89. The molecule has 1 aromatic rings. The van der Waals surface area contributed by atoms with Crippen molar-refractivity contribution in [1.82, 2.24) is 4.47 Å². The zero-order valence-electron chi connectivity index (χ0n) is 10.4. The predicted molar refractivity (Wildman–Crippen MR) is 65.0 cm³/mol. The van der Waals surface area contributed by atoms with Gasteiger partial charge in [0.25, 0.3) is 10.0 Å². The molecule has 6 heteroatoms. The molecule has 0 unspecified atom stereocenters. The maximum atomic E-state index is 13.2. The maximum Gasteiger partial charge on any atom is 0.265 e. The second-order valence-corrected chi connectivity index (χ2v) is 6.21. The van der Waals surface area contributed by atoms with Crippen molar-refractivity contribution in [3.63, 3.8) is 0 Å². The van der Waals surface area contributed by atoms with Crippen molar-refractivity contribution in [2.45, 2.75) is 31.6 Å². The summed E-state index contributed by atoms with van der Waals surface area (Å²) >= 11 is 0. The van der Waals surface area contributed by atoms with Crippen molar-refractivity contribution in [2.24, 2.45) is 0 Å². The molecule has 0 atom stereocenters. The van der Waals surface area contributed by atoms with Gasteiger partial charge in [0.05, 0.1) is 11.5 Å². The molecule has 1 fully saturated rings. The van der Waals surface area contributed by atoms with E-state index in [9.17, 15) is 12.8 Å². The van der Waals surface area contributed by atoms with E-state index >= 15 is 0 Å². The Morgan fingerprint density at radius 2 is 1.83 bits per heavy atom. The van der Waals surface area contributed by atoms with Crippen molar-refractivity contribution >= 4 is 10.0 Å². The third kappa shape index (κ3) is 2.41. The van der Waals surface area contributed by atoms with E-state index in [1.165, 1.54) is 12.1 Å². The third-order valence-corrected chi connectivity index (χ3v) is 4.91. The largest absolute Gasteiger partial charge is 0.284 e. The molecule has 4 nitrogen and oxygen atoms in total. The van der Waals surface area contributed by atoms with Gasteiger partial charge < -0.3 is 0 Å². The van der Waals surface area contributed by atoms with Gasteiger partial charge in [-0.05, 0) is 49.9 Å². The number of aryl methyl sites for hydroxylation is 2. The highest BCUT2D eigenvalue weighted by Gasteiger charge is 2.30. The van der Waals surface area contributed by atoms with Crippen LogP contribution in [0.1, 0.15) is 24.0 Å². The highest BCUT2D eigenvalue weighted by atomic mass is 32.2. The fourth-order valence-electron chi connectivity index (χ4n) is 2.17. The van der Waals surface area contributed by atoms with Gasteiger partial charge in [-0.2, -0.15) is 0 Å². The standard InChI is InChI=1S/C12H16FNO3S/c1-9-7-11(13)8-10(2)12(9)18(15,16)14-5-3-4-6-17-14/h7-8H,3-6H2,1-2H3. The molecular weight excluding hydrogens is 257 g/mol. The Labute approximate surface area is 106 Å². The minimum atomic E-state index is -3.70. The first-order valence-corrected chi connectivity index (χ1v) is 7.29. The molecule has 2 rings (SSSR count). The van der Waals surface area contributed by atoms with E-state index in [0.717, 1.165) is 17.3 Å². The number of hydroxylamine groups is 1. The second-order valence-electron chi connectivity index (χ2n) is 4.44. The van der Waals surface area contributed by atoms with Crippen LogP contribution in [0.15, 0.2) is 17.0 Å². The van der Waals surface area contributed by atoms with Gasteiger partial charge in [0.15, 0.2) is 0 Å². The van der Waals surface area contributed by atoms with Crippen LogP contribution in [0.25, 0.3) is 0 Å². The fraction of sp³-hybridized carbons (Fsp3) is 0.500. The Morgan fingerprint density at radius 3 is 2.33 bits per heavy atom. The molecule has 0 amide bonds. The van der Waals surface area contributed by atoms with Gasteiger partial charge in [0, 0.05) is 6.54 Å². The number of sulfonamides is 1. The van der Waals surface area contributed by atoms with E-state index in [-0.39, 0.29) is 4.90 Å². The molecule has 1 saturated heterocycles. The summed E-state index contributed by atoms with van der Waals surface area (Å²) in [6.07, 6.45) is 1.63. The minimum Gasteiger partial charge on any atom is -0.284 e. The lowest BCUT2D eigenvalue weighted by atomic mass is 10.1. The molecule has 1 aliphatic heterocycles. The molecule has 1 heterocycles. The van der Waals surface area contributed by atoms with Gasteiger partial charge >= 0.3 is 0 Å². The average Bonchev–Trinajstić information content (AvgIpc) is 2.28. The van der Waals surface area contributed by atoms with Gasteiger partial charge in [-0.3, -0.25) is 4.84 Å². The molecule has 0 aliphatic carbocycles. The Morgan fingerprint density at radius 1 is 1.22 bits per heavy atom. The highest BCUT2D eigenvalue weighted by molar-refractivity contribution is 7.89. The van der Waals surface area contributed by atoms with Gasteiger partial charge in [0.1, 0.15) is 5.82 Å². The lowest BCUT2D eigenvalue weighted by Crippen LogP contribution is -2.36. The van der Waals surface area contributed by atoms with Crippen molar-refractivity contribution in [3.05, 3.63) is 29.1 Å². The zero-order valence-corrected chi connectivity index (χ0v) is 11.3. The molecule has 18 heavy (non-hydrogen) atoms. The van der Waals surface area contributed by atoms with Crippen LogP contribution in [0, 0.1) is 19.7 Å². The summed E-state index contributed by atoms with van der Waals surface area (Å²) in [6.45, 7) is 3.93. The lowest BCUT2D eigenvalue weighted by Gasteiger charge is -2.26. The van der Waals surface area contributed by atoms with Gasteiger partial charge in [-0.1, -0.05) is 4.47 Å². The second kappa shape index (κ2) is 4.95. The molecule has 0 spiro atoms. The van der Waals surface area contributed by atoms with Gasteiger partial charge in [-0.15, -0.1) is 0 Å². The number of hydrogen-bond acceptors (Lipinski definition) is 3. The summed E-state index contributed by atoms with van der Waals surface area (Å²) in [6, 6.07) is 2.45. The van der Waals surface area contributed by atoms with Crippen molar-refractivity contribution in [2.75, 3.05) is 13.2 Å². The maximum absolute atomic E-state index is 13.2. The summed E-state index contributed by atoms with van der Waals surface area (Å²) < 4.78 is 39.1. The first kappa shape index (κ1) is 13.5. The van der Waals surface area contributed by atoms with Crippen LogP contribution in [0.5, 0.6) is 0 Å². The van der Waals surface area contributed by atoms with Crippen LogP contribution in [-0.2, 0) is 14.9 Å². The summed E-state index contributed by atoms with van der Waals surface area (Å²) in [5.41, 5.74) is 0.809. The molecule has 1 aromatic carbocycles. The average molecular weight is 273 g/mol. The van der Waals surface area contributed by atoms with Crippen LogP contribution in [0.4, 0.5) is 4.39 Å². The van der Waals surface area contributed by atoms with E-state index < -0.39 is 15.8 Å². The first-order valence-electron chi connectivity index (χ1n) is 5.85. The minimum absolute atomic E-state index is 0.144. The van der Waals surface area contributed by atoms with Gasteiger partial charge in [-0.25, -0.2) is 12.8 Å². The van der Waals surface area contributed by atoms with Crippen LogP contribution in [0.3, 0.4) is 0 Å². The van der Waals surface area contributed by atoms with Gasteiger partial charge in [0.2, 0.25) is 0 Å². The normalized spacial score (nSPS) is 17.9.